The number of anilines is 1. The summed E-state index contributed by atoms with van der Waals surface area (Å²) in [6, 6.07) is 6.22. The minimum atomic E-state index is -3.09. The second-order valence-corrected chi connectivity index (χ2v) is 16.0. The molecule has 8 rings (SSSR count). The lowest BCUT2D eigenvalue weighted by Crippen LogP contribution is -2.53. The summed E-state index contributed by atoms with van der Waals surface area (Å²) in [4.78, 5) is 35.3. The van der Waals surface area contributed by atoms with Gasteiger partial charge >= 0.3 is 18.7 Å². The highest BCUT2D eigenvalue weighted by molar-refractivity contribution is 7.14. The fraction of sp³-hybridized carbons (Fsp3) is 0.429. The molecule has 2 bridgehead atoms. The first-order valence-corrected chi connectivity index (χ1v) is 19.2. The quantitative estimate of drug-likeness (QED) is 0.0975. The molecule has 1 saturated carbocycles. The van der Waals surface area contributed by atoms with E-state index in [1.807, 2.05) is 0 Å². The number of ether oxygens (including phenoxy) is 3. The smallest absolute Gasteiger partial charge is 0.416 e. The number of carboxylic acid groups (broad SMARTS) is 1. The van der Waals surface area contributed by atoms with Crippen LogP contribution in [0, 0.1) is 11.8 Å². The van der Waals surface area contributed by atoms with Crippen LogP contribution in [0.3, 0.4) is 0 Å². The number of hydrogen-bond donors (Lipinski definition) is 2. The molecule has 0 spiro atoms. The number of thiazole rings is 1. The Morgan fingerprint density at radius 1 is 1.10 bits per heavy atom. The summed E-state index contributed by atoms with van der Waals surface area (Å²) in [5.41, 5.74) is 1.31. The van der Waals surface area contributed by atoms with Crippen molar-refractivity contribution in [3.05, 3.63) is 84.7 Å². The van der Waals surface area contributed by atoms with Crippen molar-refractivity contribution in [1.29, 1.82) is 0 Å². The topological polar surface area (TPSA) is 126 Å². The van der Waals surface area contributed by atoms with E-state index in [0.29, 0.717) is 45.8 Å². The average molecular weight is 797 g/mol. The maximum atomic E-state index is 13.8. The van der Waals surface area contributed by atoms with Crippen LogP contribution in [0.25, 0.3) is 0 Å². The standard InChI is InChI=1S/C35H34Cl2F2N4O7S2/c36-26-15-42(47)16-27(37)25(26)13-23(21-3-4-28(49-33(38)39)29(11-21)48-18-19-1-2-19)24-12-22(52-31(24)32(44)45)14-43(34-40-7-10-51-34)35(46)50-30-17-41-8-5-20(30)6-9-41/h3-4,7,10-12,15-16,19-20,23,30,33H,1-2,5-6,8-9,13-14,17-18H2,(H-,44,45,47)/p+1/t23-,30-/m0/s1. The summed E-state index contributed by atoms with van der Waals surface area (Å²) < 4.78 is 44.3. The zero-order valence-corrected chi connectivity index (χ0v) is 30.8. The average Bonchev–Trinajstić information content (AvgIpc) is 3.58. The van der Waals surface area contributed by atoms with Gasteiger partial charge < -0.3 is 19.3 Å². The van der Waals surface area contributed by atoms with Crippen LogP contribution in [0.15, 0.2) is 48.2 Å². The Morgan fingerprint density at radius 3 is 2.46 bits per heavy atom. The third-order valence-electron chi connectivity index (χ3n) is 9.65. The number of amides is 1. The van der Waals surface area contributed by atoms with Gasteiger partial charge in [-0.15, -0.1) is 22.7 Å². The normalized spacial score (nSPS) is 20.1. The highest BCUT2D eigenvalue weighted by Gasteiger charge is 2.38. The number of aromatic nitrogens is 2. The molecule has 3 saturated heterocycles. The summed E-state index contributed by atoms with van der Waals surface area (Å²) in [6.07, 6.45) is 7.20. The van der Waals surface area contributed by atoms with Crippen LogP contribution in [0.5, 0.6) is 11.5 Å². The first kappa shape index (κ1) is 36.6. The molecular formula is C35H35Cl2F2N4O7S2+. The number of halogens is 4. The van der Waals surface area contributed by atoms with Crippen molar-refractivity contribution in [1.82, 2.24) is 9.88 Å². The molecule has 0 unspecified atom stereocenters. The van der Waals surface area contributed by atoms with E-state index in [1.165, 1.54) is 34.7 Å². The number of carbonyl (C=O) groups excluding carboxylic acids is 1. The van der Waals surface area contributed by atoms with Gasteiger partial charge in [-0.3, -0.25) is 10.1 Å². The molecule has 2 N–H and O–H groups in total. The van der Waals surface area contributed by atoms with E-state index < -0.39 is 24.6 Å². The van der Waals surface area contributed by atoms with Crippen LogP contribution < -0.4 is 19.1 Å². The first-order valence-electron chi connectivity index (χ1n) is 16.8. The predicted molar refractivity (Wildman–Crippen MR) is 190 cm³/mol. The van der Waals surface area contributed by atoms with Crippen molar-refractivity contribution >= 4 is 63.1 Å². The number of carboxylic acids is 1. The van der Waals surface area contributed by atoms with Crippen molar-refractivity contribution in [2.24, 2.45) is 11.8 Å². The van der Waals surface area contributed by atoms with Gasteiger partial charge in [0.1, 0.15) is 21.0 Å². The van der Waals surface area contributed by atoms with Crippen molar-refractivity contribution in [2.45, 2.75) is 57.3 Å². The molecule has 0 radical (unpaired) electrons. The number of piperidine rings is 3. The molecule has 1 aliphatic carbocycles. The number of thiophene rings is 1. The molecule has 4 fully saturated rings. The van der Waals surface area contributed by atoms with Gasteiger partial charge in [-0.05, 0) is 86.4 Å². The number of fused-ring (bicyclic) bond motifs is 3. The molecule has 276 valence electrons. The molecular weight excluding hydrogens is 761 g/mol. The van der Waals surface area contributed by atoms with Crippen LogP contribution in [0.4, 0.5) is 18.7 Å². The number of aromatic carboxylic acids is 1. The van der Waals surface area contributed by atoms with Crippen molar-refractivity contribution in [3.63, 3.8) is 0 Å². The predicted octanol–water partition coefficient (Wildman–Crippen LogP) is 7.74. The molecule has 3 aromatic heterocycles. The second kappa shape index (κ2) is 15.7. The first-order chi connectivity index (χ1) is 25.0. The third kappa shape index (κ3) is 8.38. The van der Waals surface area contributed by atoms with Crippen molar-refractivity contribution < 1.29 is 47.6 Å². The Hall–Kier alpha value is -3.76. The summed E-state index contributed by atoms with van der Waals surface area (Å²) in [6.45, 7) is -0.146. The Labute approximate surface area is 315 Å². The van der Waals surface area contributed by atoms with Crippen LogP contribution in [0.2, 0.25) is 10.0 Å². The highest BCUT2D eigenvalue weighted by Crippen LogP contribution is 2.42. The maximum absolute atomic E-state index is 13.8. The number of carbonyl (C=O) groups is 2. The van der Waals surface area contributed by atoms with Crippen LogP contribution in [0.1, 0.15) is 62.8 Å². The summed E-state index contributed by atoms with van der Waals surface area (Å²) in [7, 11) is 0. The monoisotopic (exact) mass is 795 g/mol. The van der Waals surface area contributed by atoms with Crippen LogP contribution in [-0.4, -0.2) is 71.2 Å². The summed E-state index contributed by atoms with van der Waals surface area (Å²) in [5.74, 6) is -1.43. The van der Waals surface area contributed by atoms with Gasteiger partial charge in [0.15, 0.2) is 16.6 Å². The van der Waals surface area contributed by atoms with Gasteiger partial charge in [-0.1, -0.05) is 29.3 Å². The van der Waals surface area contributed by atoms with Gasteiger partial charge in [0.2, 0.25) is 12.4 Å². The lowest BCUT2D eigenvalue weighted by molar-refractivity contribution is -0.904. The lowest BCUT2D eigenvalue weighted by Gasteiger charge is -2.44. The maximum Gasteiger partial charge on any atom is 0.416 e. The molecule has 1 amide bonds. The number of nitrogens with zero attached hydrogens (tertiary/aromatic N) is 4. The van der Waals surface area contributed by atoms with Crippen molar-refractivity contribution in [2.75, 3.05) is 31.1 Å². The Bertz CT molecular complexity index is 1900. The Balaban J connectivity index is 1.26. The van der Waals surface area contributed by atoms with E-state index >= 15 is 0 Å². The van der Waals surface area contributed by atoms with E-state index in [9.17, 15) is 28.7 Å². The summed E-state index contributed by atoms with van der Waals surface area (Å²) >= 11 is 15.4. The molecule has 1 aromatic carbocycles. The molecule has 17 heteroatoms. The minimum Gasteiger partial charge on any atom is -0.489 e. The number of hydrogen-bond acceptors (Lipinski definition) is 10. The minimum absolute atomic E-state index is 0.00130. The van der Waals surface area contributed by atoms with Gasteiger partial charge in [0.25, 0.3) is 0 Å². The van der Waals surface area contributed by atoms with Gasteiger partial charge in [0.05, 0.1) is 13.2 Å². The molecule has 2 atom stereocenters. The lowest BCUT2D eigenvalue weighted by atomic mass is 9.85. The van der Waals surface area contributed by atoms with E-state index in [1.54, 1.807) is 29.8 Å². The molecule has 11 nitrogen and oxygen atoms in total. The van der Waals surface area contributed by atoms with Gasteiger partial charge in [0, 0.05) is 39.2 Å². The zero-order valence-electron chi connectivity index (χ0n) is 27.6. The van der Waals surface area contributed by atoms with E-state index in [0.717, 1.165) is 54.8 Å². The molecule has 3 aliphatic heterocycles. The van der Waals surface area contributed by atoms with Gasteiger partial charge in [-0.2, -0.15) is 8.78 Å². The number of pyridine rings is 1. The fourth-order valence-electron chi connectivity index (χ4n) is 6.80. The SMILES string of the molecule is O=C(O)c1sc(CN(C(=O)O[C@H]2CN3CCC2CC3)c2nccs2)cc1[C@@H](Cc1c(Cl)c[n+](O)cc1Cl)c1ccc(OC(F)F)c(OCC2CC2)c1. The van der Waals surface area contributed by atoms with E-state index in [4.69, 9.17) is 37.4 Å². The van der Waals surface area contributed by atoms with Crippen LogP contribution in [-0.2, 0) is 17.7 Å². The number of alkyl halides is 2. The molecule has 4 aliphatic rings. The van der Waals surface area contributed by atoms with E-state index in [2.05, 4.69) is 9.88 Å². The molecule has 52 heavy (non-hydrogen) atoms. The molecule has 4 aromatic rings. The van der Waals surface area contributed by atoms with E-state index in [-0.39, 0.29) is 51.4 Å². The molecule has 6 heterocycles. The summed E-state index contributed by atoms with van der Waals surface area (Å²) in [5, 5.41) is 22.9. The van der Waals surface area contributed by atoms with Gasteiger partial charge in [-0.25, -0.2) is 19.5 Å². The Kier molecular flexibility index (Phi) is 11.0. The highest BCUT2D eigenvalue weighted by atomic mass is 35.5. The third-order valence-corrected chi connectivity index (χ3v) is 12.2. The number of rotatable bonds is 14. The second-order valence-electron chi connectivity index (χ2n) is 13.2. The zero-order chi connectivity index (χ0) is 36.5. The Morgan fingerprint density at radius 2 is 1.85 bits per heavy atom. The largest absolute Gasteiger partial charge is 0.489 e. The van der Waals surface area contributed by atoms with Crippen molar-refractivity contribution in [3.8, 4) is 11.5 Å². The number of benzene rings is 1. The fourth-order valence-corrected chi connectivity index (χ4v) is 9.09. The van der Waals surface area contributed by atoms with Crippen LogP contribution >= 0.6 is 45.9 Å².